The van der Waals surface area contributed by atoms with Crippen molar-refractivity contribution in [1.82, 2.24) is 5.32 Å². The van der Waals surface area contributed by atoms with Gasteiger partial charge < -0.3 is 15.4 Å². The number of amides is 2. The first-order chi connectivity index (χ1) is 11.5. The summed E-state index contributed by atoms with van der Waals surface area (Å²) in [4.78, 5) is 23.5. The molecule has 0 unspecified atom stereocenters. The SMILES string of the molecule is Cc1c(Cl)cccc1NC(=O)CNC(=O)COc1ccc(F)cc1. The molecule has 0 atom stereocenters. The minimum atomic E-state index is -0.461. The summed E-state index contributed by atoms with van der Waals surface area (Å²) in [5, 5.41) is 5.65. The van der Waals surface area contributed by atoms with Crippen LogP contribution in [0, 0.1) is 12.7 Å². The topological polar surface area (TPSA) is 67.4 Å². The quantitative estimate of drug-likeness (QED) is 0.841. The molecule has 0 bridgehead atoms. The highest BCUT2D eigenvalue weighted by Gasteiger charge is 2.09. The third-order valence-corrected chi connectivity index (χ3v) is 3.58. The van der Waals surface area contributed by atoms with E-state index in [1.165, 1.54) is 24.3 Å². The third-order valence-electron chi connectivity index (χ3n) is 3.17. The van der Waals surface area contributed by atoms with Gasteiger partial charge in [-0.3, -0.25) is 9.59 Å². The van der Waals surface area contributed by atoms with Crippen molar-refractivity contribution >= 4 is 29.1 Å². The van der Waals surface area contributed by atoms with Crippen LogP contribution in [0.2, 0.25) is 5.02 Å². The van der Waals surface area contributed by atoms with E-state index < -0.39 is 5.91 Å². The summed E-state index contributed by atoms with van der Waals surface area (Å²) in [6.45, 7) is 1.32. The molecule has 24 heavy (non-hydrogen) atoms. The Labute approximate surface area is 143 Å². The number of benzene rings is 2. The number of rotatable bonds is 6. The van der Waals surface area contributed by atoms with Crippen molar-refractivity contribution in [3.8, 4) is 5.75 Å². The van der Waals surface area contributed by atoms with Gasteiger partial charge in [0.2, 0.25) is 5.91 Å². The van der Waals surface area contributed by atoms with E-state index in [0.29, 0.717) is 16.5 Å². The predicted octanol–water partition coefficient (Wildman–Crippen LogP) is 2.92. The van der Waals surface area contributed by atoms with Crippen LogP contribution in [0.25, 0.3) is 0 Å². The van der Waals surface area contributed by atoms with E-state index >= 15 is 0 Å². The van der Waals surface area contributed by atoms with Crippen LogP contribution in [0.3, 0.4) is 0 Å². The fourth-order valence-corrected chi connectivity index (χ4v) is 2.02. The highest BCUT2D eigenvalue weighted by atomic mass is 35.5. The molecule has 2 N–H and O–H groups in total. The highest BCUT2D eigenvalue weighted by molar-refractivity contribution is 6.31. The van der Waals surface area contributed by atoms with Gasteiger partial charge in [0.05, 0.1) is 6.54 Å². The van der Waals surface area contributed by atoms with E-state index in [0.717, 1.165) is 5.56 Å². The molecular weight excluding hydrogens is 335 g/mol. The van der Waals surface area contributed by atoms with E-state index in [1.807, 2.05) is 0 Å². The summed E-state index contributed by atoms with van der Waals surface area (Å²) < 4.78 is 17.9. The maximum atomic E-state index is 12.7. The summed E-state index contributed by atoms with van der Waals surface area (Å²) in [5.41, 5.74) is 1.34. The summed E-state index contributed by atoms with van der Waals surface area (Å²) in [6.07, 6.45) is 0. The molecule has 0 radical (unpaired) electrons. The first-order valence-electron chi connectivity index (χ1n) is 7.16. The molecule has 0 spiro atoms. The normalized spacial score (nSPS) is 10.1. The van der Waals surface area contributed by atoms with Gasteiger partial charge in [0.1, 0.15) is 11.6 Å². The van der Waals surface area contributed by atoms with E-state index in [1.54, 1.807) is 25.1 Å². The van der Waals surface area contributed by atoms with Crippen LogP contribution < -0.4 is 15.4 Å². The Morgan fingerprint density at radius 2 is 1.83 bits per heavy atom. The Morgan fingerprint density at radius 1 is 1.12 bits per heavy atom. The summed E-state index contributed by atoms with van der Waals surface area (Å²) in [6, 6.07) is 10.5. The van der Waals surface area contributed by atoms with Gasteiger partial charge in [-0.1, -0.05) is 17.7 Å². The molecule has 5 nitrogen and oxygen atoms in total. The third kappa shape index (κ3) is 5.24. The largest absolute Gasteiger partial charge is 0.484 e. The second kappa shape index (κ2) is 8.31. The zero-order valence-corrected chi connectivity index (χ0v) is 13.7. The fourth-order valence-electron chi connectivity index (χ4n) is 1.85. The van der Waals surface area contributed by atoms with E-state index in [9.17, 15) is 14.0 Å². The van der Waals surface area contributed by atoms with E-state index in [2.05, 4.69) is 10.6 Å². The second-order valence-electron chi connectivity index (χ2n) is 4.98. The first-order valence-corrected chi connectivity index (χ1v) is 7.53. The molecule has 0 saturated heterocycles. The smallest absolute Gasteiger partial charge is 0.258 e. The van der Waals surface area contributed by atoms with Crippen molar-refractivity contribution < 1.29 is 18.7 Å². The molecule has 0 aromatic heterocycles. The molecule has 2 aromatic carbocycles. The van der Waals surface area contributed by atoms with Gasteiger partial charge in [-0.15, -0.1) is 0 Å². The van der Waals surface area contributed by atoms with Crippen molar-refractivity contribution in [3.05, 3.63) is 58.9 Å². The van der Waals surface area contributed by atoms with Crippen LogP contribution in [-0.4, -0.2) is 25.0 Å². The minimum absolute atomic E-state index is 0.197. The molecular formula is C17H16ClFN2O3. The van der Waals surface area contributed by atoms with Crippen LogP contribution in [0.1, 0.15) is 5.56 Å². The second-order valence-corrected chi connectivity index (χ2v) is 5.39. The molecule has 2 aromatic rings. The van der Waals surface area contributed by atoms with Gasteiger partial charge in [-0.2, -0.15) is 0 Å². The lowest BCUT2D eigenvalue weighted by atomic mass is 10.2. The Bertz CT molecular complexity index is 735. The highest BCUT2D eigenvalue weighted by Crippen LogP contribution is 2.22. The monoisotopic (exact) mass is 350 g/mol. The molecule has 7 heteroatoms. The van der Waals surface area contributed by atoms with Crippen LogP contribution in [0.15, 0.2) is 42.5 Å². The maximum Gasteiger partial charge on any atom is 0.258 e. The van der Waals surface area contributed by atoms with Crippen molar-refractivity contribution in [2.75, 3.05) is 18.5 Å². The number of hydrogen-bond donors (Lipinski definition) is 2. The molecule has 2 amide bonds. The average molecular weight is 351 g/mol. The lowest BCUT2D eigenvalue weighted by Crippen LogP contribution is -2.35. The van der Waals surface area contributed by atoms with Crippen molar-refractivity contribution in [1.29, 1.82) is 0 Å². The fraction of sp³-hybridized carbons (Fsp3) is 0.176. The summed E-state index contributed by atoms with van der Waals surface area (Å²) in [7, 11) is 0. The number of carbonyl (C=O) groups excluding carboxylic acids is 2. The lowest BCUT2D eigenvalue weighted by molar-refractivity contribution is -0.125. The van der Waals surface area contributed by atoms with E-state index in [-0.39, 0.29) is 24.9 Å². The Morgan fingerprint density at radius 3 is 2.54 bits per heavy atom. The Kier molecular flexibility index (Phi) is 6.14. The van der Waals surface area contributed by atoms with Crippen LogP contribution in [-0.2, 0) is 9.59 Å². The number of carbonyl (C=O) groups is 2. The molecule has 0 aliphatic heterocycles. The first kappa shape index (κ1) is 17.7. The average Bonchev–Trinajstić information content (AvgIpc) is 2.56. The molecule has 0 heterocycles. The van der Waals surface area contributed by atoms with Crippen molar-refractivity contribution in [3.63, 3.8) is 0 Å². The Hall–Kier alpha value is -2.60. The number of nitrogens with one attached hydrogen (secondary N) is 2. The minimum Gasteiger partial charge on any atom is -0.484 e. The molecule has 2 rings (SSSR count). The number of anilines is 1. The van der Waals surface area contributed by atoms with Crippen LogP contribution >= 0.6 is 11.6 Å². The number of hydrogen-bond acceptors (Lipinski definition) is 3. The summed E-state index contributed by atoms with van der Waals surface area (Å²) in [5.74, 6) is -0.863. The molecule has 126 valence electrons. The van der Waals surface area contributed by atoms with Crippen LogP contribution in [0.5, 0.6) is 5.75 Å². The summed E-state index contributed by atoms with van der Waals surface area (Å²) >= 11 is 5.97. The predicted molar refractivity (Wildman–Crippen MR) is 89.7 cm³/mol. The van der Waals surface area contributed by atoms with Gasteiger partial charge >= 0.3 is 0 Å². The van der Waals surface area contributed by atoms with Crippen LogP contribution in [0.4, 0.5) is 10.1 Å². The molecule has 0 fully saturated rings. The Balaban J connectivity index is 1.75. The number of ether oxygens (including phenoxy) is 1. The van der Waals surface area contributed by atoms with Gasteiger partial charge in [-0.05, 0) is 48.9 Å². The number of halogens is 2. The van der Waals surface area contributed by atoms with Crippen molar-refractivity contribution in [2.24, 2.45) is 0 Å². The van der Waals surface area contributed by atoms with Gasteiger partial charge in [0, 0.05) is 10.7 Å². The zero-order chi connectivity index (χ0) is 17.5. The molecule has 0 aliphatic rings. The van der Waals surface area contributed by atoms with E-state index in [4.69, 9.17) is 16.3 Å². The standard InChI is InChI=1S/C17H16ClFN2O3/c1-11-14(18)3-2-4-15(11)21-16(22)9-20-17(23)10-24-13-7-5-12(19)6-8-13/h2-8H,9-10H2,1H3,(H,20,23)(H,21,22). The maximum absolute atomic E-state index is 12.7. The van der Waals surface area contributed by atoms with Gasteiger partial charge in [0.15, 0.2) is 6.61 Å². The lowest BCUT2D eigenvalue weighted by Gasteiger charge is -2.10. The van der Waals surface area contributed by atoms with Gasteiger partial charge in [0.25, 0.3) is 5.91 Å². The van der Waals surface area contributed by atoms with Gasteiger partial charge in [-0.25, -0.2) is 4.39 Å². The van der Waals surface area contributed by atoms with Crippen molar-refractivity contribution in [2.45, 2.75) is 6.92 Å². The zero-order valence-electron chi connectivity index (χ0n) is 12.9. The molecule has 0 aliphatic carbocycles. The molecule has 0 saturated carbocycles.